The van der Waals surface area contributed by atoms with Crippen molar-refractivity contribution in [1.29, 1.82) is 0 Å². The Morgan fingerprint density at radius 1 is 1.37 bits per heavy atom. The highest BCUT2D eigenvalue weighted by Gasteiger charge is 2.40. The fourth-order valence-electron chi connectivity index (χ4n) is 2.31. The van der Waals surface area contributed by atoms with E-state index in [9.17, 15) is 9.59 Å². The second-order valence-electron chi connectivity index (χ2n) is 5.78. The molecule has 0 radical (unpaired) electrons. The van der Waals surface area contributed by atoms with E-state index in [0.29, 0.717) is 6.42 Å². The van der Waals surface area contributed by atoms with Gasteiger partial charge in [-0.25, -0.2) is 0 Å². The molecule has 0 aromatic carbocycles. The molecule has 3 atom stereocenters. The molecular formula is C14H27N3O2. The fraction of sp³-hybridized carbons (Fsp3) is 0.857. The normalized spacial score (nSPS) is 23.3. The van der Waals surface area contributed by atoms with Crippen molar-refractivity contribution >= 4 is 11.8 Å². The van der Waals surface area contributed by atoms with Crippen LogP contribution in [0.2, 0.25) is 0 Å². The number of carbonyl (C=O) groups excluding carboxylic acids is 2. The van der Waals surface area contributed by atoms with Gasteiger partial charge in [0, 0.05) is 12.1 Å². The molecule has 110 valence electrons. The lowest BCUT2D eigenvalue weighted by molar-refractivity contribution is -0.141. The Hall–Kier alpha value is -0.940. The molecule has 19 heavy (non-hydrogen) atoms. The van der Waals surface area contributed by atoms with Crippen molar-refractivity contribution in [1.82, 2.24) is 15.1 Å². The van der Waals surface area contributed by atoms with Gasteiger partial charge in [0.25, 0.3) is 0 Å². The first-order valence-corrected chi connectivity index (χ1v) is 7.13. The Labute approximate surface area is 116 Å². The van der Waals surface area contributed by atoms with Gasteiger partial charge in [-0.15, -0.1) is 0 Å². The third kappa shape index (κ3) is 4.28. The molecule has 5 nitrogen and oxygen atoms in total. The maximum atomic E-state index is 12.2. The van der Waals surface area contributed by atoms with Crippen molar-refractivity contribution in [3.63, 3.8) is 0 Å². The quantitative estimate of drug-likeness (QED) is 0.696. The number of nitrogens with zero attached hydrogens (tertiary/aromatic N) is 2. The van der Waals surface area contributed by atoms with E-state index < -0.39 is 0 Å². The molecule has 0 aromatic heterocycles. The number of carbonyl (C=O) groups is 2. The highest BCUT2D eigenvalue weighted by molar-refractivity contribution is 6.05. The predicted molar refractivity (Wildman–Crippen MR) is 75.8 cm³/mol. The summed E-state index contributed by atoms with van der Waals surface area (Å²) >= 11 is 0. The smallest absolute Gasteiger partial charge is 0.247 e. The average molecular weight is 269 g/mol. The molecule has 1 rings (SSSR count). The fourth-order valence-corrected chi connectivity index (χ4v) is 2.31. The van der Waals surface area contributed by atoms with E-state index >= 15 is 0 Å². The lowest BCUT2D eigenvalue weighted by atomic mass is 10.1. The summed E-state index contributed by atoms with van der Waals surface area (Å²) in [4.78, 5) is 27.7. The van der Waals surface area contributed by atoms with E-state index in [1.807, 2.05) is 27.9 Å². The van der Waals surface area contributed by atoms with Crippen molar-refractivity contribution in [2.24, 2.45) is 0 Å². The van der Waals surface area contributed by atoms with Crippen LogP contribution in [0, 0.1) is 0 Å². The Kier molecular flexibility index (Phi) is 5.94. The summed E-state index contributed by atoms with van der Waals surface area (Å²) in [5.41, 5.74) is 0. The van der Waals surface area contributed by atoms with Gasteiger partial charge >= 0.3 is 0 Å². The van der Waals surface area contributed by atoms with E-state index in [1.54, 1.807) is 0 Å². The summed E-state index contributed by atoms with van der Waals surface area (Å²) in [6.45, 7) is 6.95. The average Bonchev–Trinajstić information content (AvgIpc) is 2.61. The van der Waals surface area contributed by atoms with Crippen LogP contribution < -0.4 is 5.32 Å². The first kappa shape index (κ1) is 16.1. The first-order valence-electron chi connectivity index (χ1n) is 7.13. The van der Waals surface area contributed by atoms with Crippen LogP contribution in [0.5, 0.6) is 0 Å². The highest BCUT2D eigenvalue weighted by atomic mass is 16.2. The van der Waals surface area contributed by atoms with E-state index in [2.05, 4.69) is 17.1 Å². The third-order valence-electron chi connectivity index (χ3n) is 3.71. The maximum Gasteiger partial charge on any atom is 0.247 e. The zero-order chi connectivity index (χ0) is 14.6. The molecule has 5 heteroatoms. The molecule has 0 saturated carbocycles. The van der Waals surface area contributed by atoms with Crippen LogP contribution in [0.3, 0.4) is 0 Å². The molecule has 0 aliphatic carbocycles. The summed E-state index contributed by atoms with van der Waals surface area (Å²) < 4.78 is 0. The van der Waals surface area contributed by atoms with Gasteiger partial charge in [-0.2, -0.15) is 0 Å². The molecule has 1 aliphatic rings. The molecule has 0 spiro atoms. The number of amides is 2. The highest BCUT2D eigenvalue weighted by Crippen LogP contribution is 2.18. The summed E-state index contributed by atoms with van der Waals surface area (Å²) in [6.07, 6.45) is 2.07. The van der Waals surface area contributed by atoms with Gasteiger partial charge in [0.1, 0.15) is 0 Å². The number of hydrogen-bond acceptors (Lipinski definition) is 4. The Morgan fingerprint density at radius 3 is 2.53 bits per heavy atom. The monoisotopic (exact) mass is 269 g/mol. The lowest BCUT2D eigenvalue weighted by Gasteiger charge is -2.23. The SMILES string of the molecule is CCC(C)N1C(=O)CC(NC(C)CCN(C)C)C1=O. The number of likely N-dealkylation sites (tertiary alicyclic amines) is 1. The van der Waals surface area contributed by atoms with Crippen LogP contribution >= 0.6 is 0 Å². The van der Waals surface area contributed by atoms with Gasteiger partial charge < -0.3 is 10.2 Å². The molecule has 1 saturated heterocycles. The number of nitrogens with one attached hydrogen (secondary N) is 1. The number of hydrogen-bond donors (Lipinski definition) is 1. The largest absolute Gasteiger partial charge is 0.309 e. The van der Waals surface area contributed by atoms with Crippen LogP contribution in [-0.2, 0) is 9.59 Å². The lowest BCUT2D eigenvalue weighted by Crippen LogP contribution is -2.45. The van der Waals surface area contributed by atoms with Crippen LogP contribution in [0.1, 0.15) is 40.0 Å². The van der Waals surface area contributed by atoms with Crippen LogP contribution in [0.25, 0.3) is 0 Å². The van der Waals surface area contributed by atoms with Crippen LogP contribution in [-0.4, -0.2) is 60.4 Å². The summed E-state index contributed by atoms with van der Waals surface area (Å²) in [5, 5.41) is 3.28. The molecule has 1 heterocycles. The van der Waals surface area contributed by atoms with Crippen LogP contribution in [0.15, 0.2) is 0 Å². The van der Waals surface area contributed by atoms with E-state index in [0.717, 1.165) is 19.4 Å². The second-order valence-corrected chi connectivity index (χ2v) is 5.78. The van der Waals surface area contributed by atoms with Crippen molar-refractivity contribution in [2.75, 3.05) is 20.6 Å². The van der Waals surface area contributed by atoms with Gasteiger partial charge in [0.2, 0.25) is 11.8 Å². The molecule has 1 aliphatic heterocycles. The molecule has 1 N–H and O–H groups in total. The minimum atomic E-state index is -0.335. The van der Waals surface area contributed by atoms with Gasteiger partial charge in [-0.1, -0.05) is 6.92 Å². The maximum absolute atomic E-state index is 12.2. The molecular weight excluding hydrogens is 242 g/mol. The standard InChI is InChI=1S/C14H27N3O2/c1-6-11(3)17-13(18)9-12(14(17)19)15-10(2)7-8-16(4)5/h10-12,15H,6-9H2,1-5H3. The van der Waals surface area contributed by atoms with Crippen molar-refractivity contribution in [2.45, 2.75) is 58.2 Å². The van der Waals surface area contributed by atoms with Crippen LogP contribution in [0.4, 0.5) is 0 Å². The molecule has 0 aromatic rings. The minimum Gasteiger partial charge on any atom is -0.309 e. The third-order valence-corrected chi connectivity index (χ3v) is 3.71. The Bertz CT molecular complexity index is 331. The zero-order valence-electron chi connectivity index (χ0n) is 12.8. The number of imide groups is 1. The van der Waals surface area contributed by atoms with E-state index in [-0.39, 0.29) is 29.9 Å². The van der Waals surface area contributed by atoms with Gasteiger partial charge in [-0.05, 0) is 47.3 Å². The van der Waals surface area contributed by atoms with Crippen molar-refractivity contribution in [3.05, 3.63) is 0 Å². The van der Waals surface area contributed by atoms with Gasteiger partial charge in [0.15, 0.2) is 0 Å². The topological polar surface area (TPSA) is 52.7 Å². The van der Waals surface area contributed by atoms with Gasteiger partial charge in [-0.3, -0.25) is 14.5 Å². The van der Waals surface area contributed by atoms with Gasteiger partial charge in [0.05, 0.1) is 12.5 Å². The summed E-state index contributed by atoms with van der Waals surface area (Å²) in [7, 11) is 4.06. The second kappa shape index (κ2) is 7.01. The molecule has 2 amide bonds. The van der Waals surface area contributed by atoms with Crippen molar-refractivity contribution < 1.29 is 9.59 Å². The Morgan fingerprint density at radius 2 is 2.00 bits per heavy atom. The van der Waals surface area contributed by atoms with E-state index in [1.165, 1.54) is 4.90 Å². The van der Waals surface area contributed by atoms with E-state index in [4.69, 9.17) is 0 Å². The molecule has 3 unspecified atom stereocenters. The number of rotatable bonds is 7. The molecule has 1 fully saturated rings. The minimum absolute atomic E-state index is 0.00359. The Balaban J connectivity index is 2.52. The zero-order valence-corrected chi connectivity index (χ0v) is 12.8. The predicted octanol–water partition coefficient (Wildman–Crippen LogP) is 0.842. The summed E-state index contributed by atoms with van der Waals surface area (Å²) in [5.74, 6) is -0.104. The first-order chi connectivity index (χ1) is 8.86. The molecule has 0 bridgehead atoms. The summed E-state index contributed by atoms with van der Waals surface area (Å²) in [6, 6.07) is -0.0939. The van der Waals surface area contributed by atoms with Crippen molar-refractivity contribution in [3.8, 4) is 0 Å².